The summed E-state index contributed by atoms with van der Waals surface area (Å²) in [6.45, 7) is 1.36. The molecule has 10 nitrogen and oxygen atoms in total. The Morgan fingerprint density at radius 2 is 1.88 bits per heavy atom. The summed E-state index contributed by atoms with van der Waals surface area (Å²) in [6.07, 6.45) is 2.87. The maximum absolute atomic E-state index is 14.6. The standard InChI is InChI=1S/C28H29ClF2N6O4/c1-36-21(19-5-6-22(41-2)24(31)23(19)30)11-33-25(36)27(39)34-16-3-4-18(20(29)9-16)28(40)37-12-17(13-37)35-26(38)15-7-14(8-15)10-32/h3-6,9,11,14-15,17H,7-8,10,12-13,32H2,1-2H3,(H,34,39)(H,35,38). The van der Waals surface area contributed by atoms with Gasteiger partial charge in [-0.3, -0.25) is 14.4 Å². The molecule has 13 heteroatoms. The third kappa shape index (κ3) is 5.49. The summed E-state index contributed by atoms with van der Waals surface area (Å²) in [5.74, 6) is -3.05. The second-order valence-electron chi connectivity index (χ2n) is 10.3. The molecule has 0 atom stereocenters. The van der Waals surface area contributed by atoms with E-state index in [2.05, 4.69) is 15.6 Å². The maximum atomic E-state index is 14.6. The lowest BCUT2D eigenvalue weighted by atomic mass is 9.74. The Bertz CT molecular complexity index is 1520. The third-order valence-corrected chi connectivity index (χ3v) is 7.96. The summed E-state index contributed by atoms with van der Waals surface area (Å²) in [5.41, 5.74) is 6.29. The van der Waals surface area contributed by atoms with E-state index in [-0.39, 0.29) is 57.2 Å². The molecule has 1 saturated heterocycles. The normalized spacial score (nSPS) is 18.3. The van der Waals surface area contributed by atoms with Crippen LogP contribution in [0.3, 0.4) is 0 Å². The number of imidazole rings is 1. The van der Waals surface area contributed by atoms with Gasteiger partial charge in [-0.25, -0.2) is 9.37 Å². The van der Waals surface area contributed by atoms with Gasteiger partial charge in [-0.05, 0) is 55.6 Å². The molecule has 1 saturated carbocycles. The van der Waals surface area contributed by atoms with Crippen molar-refractivity contribution in [1.82, 2.24) is 19.8 Å². The highest BCUT2D eigenvalue weighted by Crippen LogP contribution is 2.33. The van der Waals surface area contributed by atoms with Gasteiger partial charge in [-0.15, -0.1) is 0 Å². The van der Waals surface area contributed by atoms with E-state index >= 15 is 0 Å². The number of methoxy groups -OCH3 is 1. The third-order valence-electron chi connectivity index (χ3n) is 7.65. The molecule has 3 aromatic rings. The molecular weight excluding hydrogens is 558 g/mol. The van der Waals surface area contributed by atoms with Gasteiger partial charge in [-0.1, -0.05) is 11.6 Å². The van der Waals surface area contributed by atoms with Crippen LogP contribution in [-0.4, -0.2) is 65.0 Å². The van der Waals surface area contributed by atoms with Gasteiger partial charge in [0.15, 0.2) is 17.4 Å². The Morgan fingerprint density at radius 3 is 2.54 bits per heavy atom. The van der Waals surface area contributed by atoms with Crippen molar-refractivity contribution in [2.24, 2.45) is 24.6 Å². The molecule has 1 aliphatic carbocycles. The summed E-state index contributed by atoms with van der Waals surface area (Å²) in [6, 6.07) is 7.00. The predicted octanol–water partition coefficient (Wildman–Crippen LogP) is 3.21. The van der Waals surface area contributed by atoms with E-state index in [1.165, 1.54) is 55.3 Å². The zero-order chi connectivity index (χ0) is 29.4. The molecule has 2 heterocycles. The van der Waals surface area contributed by atoms with Gasteiger partial charge in [0.2, 0.25) is 11.7 Å². The lowest BCUT2D eigenvalue weighted by Crippen LogP contribution is -2.62. The van der Waals surface area contributed by atoms with Crippen molar-refractivity contribution in [3.8, 4) is 17.0 Å². The van der Waals surface area contributed by atoms with E-state index < -0.39 is 17.5 Å². The number of ether oxygens (including phenoxy) is 1. The number of anilines is 1. The highest BCUT2D eigenvalue weighted by Gasteiger charge is 2.38. The van der Waals surface area contributed by atoms with E-state index in [0.717, 1.165) is 12.8 Å². The van der Waals surface area contributed by atoms with E-state index in [4.69, 9.17) is 22.1 Å². The van der Waals surface area contributed by atoms with E-state index in [0.29, 0.717) is 31.2 Å². The van der Waals surface area contributed by atoms with Gasteiger partial charge in [-0.2, -0.15) is 4.39 Å². The molecule has 2 aliphatic rings. The molecular formula is C28H29ClF2N6O4. The number of carbonyl (C=O) groups is 3. The number of aromatic nitrogens is 2. The fourth-order valence-electron chi connectivity index (χ4n) is 5.08. The molecule has 0 unspecified atom stereocenters. The topological polar surface area (TPSA) is 132 Å². The van der Waals surface area contributed by atoms with Crippen molar-refractivity contribution in [1.29, 1.82) is 0 Å². The van der Waals surface area contributed by atoms with Gasteiger partial charge in [0, 0.05) is 37.3 Å². The lowest BCUT2D eigenvalue weighted by Gasteiger charge is -2.41. The Morgan fingerprint density at radius 1 is 1.15 bits per heavy atom. The van der Waals surface area contributed by atoms with E-state index in [1.54, 1.807) is 4.90 Å². The Labute approximate surface area is 239 Å². The van der Waals surface area contributed by atoms with Crippen molar-refractivity contribution in [3.05, 3.63) is 64.6 Å². The van der Waals surface area contributed by atoms with Crippen molar-refractivity contribution in [2.75, 3.05) is 32.1 Å². The van der Waals surface area contributed by atoms with Gasteiger partial charge in [0.1, 0.15) is 0 Å². The smallest absolute Gasteiger partial charge is 0.291 e. The average molecular weight is 587 g/mol. The average Bonchev–Trinajstić information content (AvgIpc) is 3.27. The zero-order valence-corrected chi connectivity index (χ0v) is 23.2. The van der Waals surface area contributed by atoms with Crippen LogP contribution in [0, 0.1) is 23.5 Å². The lowest BCUT2D eigenvalue weighted by molar-refractivity contribution is -0.130. The van der Waals surface area contributed by atoms with Crippen LogP contribution in [0.2, 0.25) is 5.02 Å². The molecule has 1 aromatic heterocycles. The first-order valence-corrected chi connectivity index (χ1v) is 13.4. The van der Waals surface area contributed by atoms with Crippen molar-refractivity contribution >= 4 is 35.0 Å². The molecule has 0 radical (unpaired) electrons. The van der Waals surface area contributed by atoms with Crippen LogP contribution < -0.4 is 21.1 Å². The maximum Gasteiger partial charge on any atom is 0.291 e. The SMILES string of the molecule is COc1ccc(-c2cnc(C(=O)Nc3ccc(C(=O)N4CC(NC(=O)C5CC(CN)C5)C4)c(Cl)c3)n2C)c(F)c1F. The monoisotopic (exact) mass is 586 g/mol. The molecule has 0 bridgehead atoms. The van der Waals surface area contributed by atoms with Crippen LogP contribution in [0.15, 0.2) is 36.5 Å². The van der Waals surface area contributed by atoms with Crippen LogP contribution in [-0.2, 0) is 11.8 Å². The largest absolute Gasteiger partial charge is 0.494 e. The number of rotatable bonds is 8. The van der Waals surface area contributed by atoms with Crippen LogP contribution in [0.4, 0.5) is 14.5 Å². The minimum atomic E-state index is -1.14. The van der Waals surface area contributed by atoms with Crippen molar-refractivity contribution in [2.45, 2.75) is 18.9 Å². The summed E-state index contributed by atoms with van der Waals surface area (Å²) in [5, 5.41) is 5.77. The summed E-state index contributed by atoms with van der Waals surface area (Å²) >= 11 is 6.38. The first kappa shape index (κ1) is 28.5. The first-order valence-electron chi connectivity index (χ1n) is 13.1. The highest BCUT2D eigenvalue weighted by molar-refractivity contribution is 6.34. The number of carbonyl (C=O) groups excluding carboxylic acids is 3. The molecule has 216 valence electrons. The summed E-state index contributed by atoms with van der Waals surface area (Å²) < 4.78 is 34.9. The second kappa shape index (κ2) is 11.5. The number of nitrogens with one attached hydrogen (secondary N) is 2. The molecule has 2 aromatic carbocycles. The Hall–Kier alpha value is -4.03. The van der Waals surface area contributed by atoms with Gasteiger partial charge < -0.3 is 30.6 Å². The number of benzene rings is 2. The zero-order valence-electron chi connectivity index (χ0n) is 22.4. The quantitative estimate of drug-likeness (QED) is 0.371. The van der Waals surface area contributed by atoms with Crippen molar-refractivity contribution < 1.29 is 27.9 Å². The van der Waals surface area contributed by atoms with Crippen LogP contribution >= 0.6 is 11.6 Å². The number of halogens is 3. The minimum absolute atomic E-state index is 0.00513. The predicted molar refractivity (Wildman–Crippen MR) is 148 cm³/mol. The fourth-order valence-corrected chi connectivity index (χ4v) is 5.34. The molecule has 3 amide bonds. The van der Waals surface area contributed by atoms with Crippen LogP contribution in [0.25, 0.3) is 11.3 Å². The first-order chi connectivity index (χ1) is 19.6. The molecule has 5 rings (SSSR count). The van der Waals surface area contributed by atoms with Crippen LogP contribution in [0.5, 0.6) is 5.75 Å². The number of likely N-dealkylation sites (tertiary alicyclic amines) is 1. The Kier molecular flexibility index (Phi) is 7.96. The van der Waals surface area contributed by atoms with Crippen molar-refractivity contribution in [3.63, 3.8) is 0 Å². The molecule has 2 fully saturated rings. The van der Waals surface area contributed by atoms with Gasteiger partial charge in [0.25, 0.3) is 11.8 Å². The molecule has 4 N–H and O–H groups in total. The molecule has 0 spiro atoms. The van der Waals surface area contributed by atoms with E-state index in [9.17, 15) is 23.2 Å². The molecule has 1 aliphatic heterocycles. The highest BCUT2D eigenvalue weighted by atomic mass is 35.5. The number of nitrogens with zero attached hydrogens (tertiary/aromatic N) is 3. The van der Waals surface area contributed by atoms with Gasteiger partial charge in [0.05, 0.1) is 35.6 Å². The van der Waals surface area contributed by atoms with Crippen LogP contribution in [0.1, 0.15) is 33.8 Å². The second-order valence-corrected chi connectivity index (χ2v) is 10.7. The number of nitrogens with two attached hydrogens (primary N) is 1. The minimum Gasteiger partial charge on any atom is -0.494 e. The van der Waals surface area contributed by atoms with Gasteiger partial charge >= 0.3 is 0 Å². The number of hydrogen-bond donors (Lipinski definition) is 3. The Balaban J connectivity index is 1.19. The number of amides is 3. The molecule has 41 heavy (non-hydrogen) atoms. The fraction of sp³-hybridized carbons (Fsp3) is 0.357. The van der Waals surface area contributed by atoms with E-state index in [1.807, 2.05) is 0 Å². The summed E-state index contributed by atoms with van der Waals surface area (Å²) in [7, 11) is 2.73. The number of hydrogen-bond acceptors (Lipinski definition) is 6. The summed E-state index contributed by atoms with van der Waals surface area (Å²) in [4.78, 5) is 43.8.